The maximum Gasteiger partial charge on any atom is 0.137 e. The molecule has 4 saturated carbocycles. The normalized spacial score (nSPS) is 47.6. The first-order valence-electron chi connectivity index (χ1n) is 13.1. The third-order valence-electron chi connectivity index (χ3n) is 10.2. The summed E-state index contributed by atoms with van der Waals surface area (Å²) in [5.41, 5.74) is 3.74. The van der Waals surface area contributed by atoms with Gasteiger partial charge in [-0.2, -0.15) is 0 Å². The molecule has 0 aromatic heterocycles. The number of nitrogens with zero attached hydrogens (tertiary/aromatic N) is 2. The van der Waals surface area contributed by atoms with Gasteiger partial charge in [0.2, 0.25) is 0 Å². The Hall–Kier alpha value is -1.11. The lowest BCUT2D eigenvalue weighted by atomic mass is 9.44. The molecule has 5 aliphatic rings. The zero-order chi connectivity index (χ0) is 23.2. The first-order valence-corrected chi connectivity index (χ1v) is 13.1. The van der Waals surface area contributed by atoms with E-state index in [0.29, 0.717) is 43.7 Å². The first-order chi connectivity index (χ1) is 15.9. The number of halogens is 1. The molecule has 6 unspecified atom stereocenters. The van der Waals surface area contributed by atoms with E-state index in [1.165, 1.54) is 17.8 Å². The molecule has 0 spiro atoms. The fourth-order valence-electron chi connectivity index (χ4n) is 8.28. The Balaban J connectivity index is 1.38. The molecule has 5 nitrogen and oxygen atoms in total. The number of fused-ring (bicyclic) bond motifs is 5. The van der Waals surface area contributed by atoms with Crippen LogP contribution in [0.4, 0.5) is 4.39 Å². The average Bonchev–Trinajstić information content (AvgIpc) is 3.38. The molecule has 0 radical (unpaired) electrons. The van der Waals surface area contributed by atoms with Crippen molar-refractivity contribution in [1.82, 2.24) is 5.32 Å². The van der Waals surface area contributed by atoms with Crippen molar-refractivity contribution < 1.29 is 13.9 Å². The molecule has 0 aromatic carbocycles. The summed E-state index contributed by atoms with van der Waals surface area (Å²) in [4.78, 5) is 9.82. The Morgan fingerprint density at radius 1 is 1.12 bits per heavy atom. The van der Waals surface area contributed by atoms with Crippen LogP contribution < -0.4 is 5.32 Å². The topological polar surface area (TPSA) is 55.2 Å². The minimum Gasteiger partial charge on any atom is -0.363 e. The van der Waals surface area contributed by atoms with Gasteiger partial charge in [0.1, 0.15) is 19.6 Å². The van der Waals surface area contributed by atoms with Crippen LogP contribution in [0.5, 0.6) is 0 Å². The van der Waals surface area contributed by atoms with Crippen molar-refractivity contribution in [2.45, 2.75) is 77.5 Å². The van der Waals surface area contributed by atoms with Crippen molar-refractivity contribution in [3.63, 3.8) is 0 Å². The summed E-state index contributed by atoms with van der Waals surface area (Å²) in [6.07, 6.45) is 7.40. The van der Waals surface area contributed by atoms with Gasteiger partial charge >= 0.3 is 0 Å². The monoisotopic (exact) mass is 459 g/mol. The lowest BCUT2D eigenvalue weighted by molar-refractivity contribution is -0.0632. The van der Waals surface area contributed by atoms with Gasteiger partial charge in [-0.15, -0.1) is 0 Å². The molecule has 8 atom stereocenters. The van der Waals surface area contributed by atoms with Crippen molar-refractivity contribution in [3.8, 4) is 0 Å². The molecule has 4 aliphatic carbocycles. The Morgan fingerprint density at radius 3 is 2.73 bits per heavy atom. The smallest absolute Gasteiger partial charge is 0.137 e. The highest BCUT2D eigenvalue weighted by Crippen LogP contribution is 2.66. The Kier molecular flexibility index (Phi) is 6.56. The number of methoxy groups -OCH3 is 1. The molecule has 1 heterocycles. The van der Waals surface area contributed by atoms with Gasteiger partial charge in [0, 0.05) is 43.3 Å². The highest BCUT2D eigenvalue weighted by molar-refractivity contribution is 5.96. The molecule has 5 rings (SSSR count). The highest BCUT2D eigenvalue weighted by atomic mass is 19.1. The van der Waals surface area contributed by atoms with E-state index < -0.39 is 6.17 Å². The number of rotatable bonds is 5. The molecule has 0 aromatic rings. The van der Waals surface area contributed by atoms with Crippen LogP contribution in [-0.2, 0) is 9.47 Å². The molecule has 0 amide bonds. The maximum atomic E-state index is 15.4. The van der Waals surface area contributed by atoms with Crippen LogP contribution in [-0.4, -0.2) is 57.4 Å². The van der Waals surface area contributed by atoms with Crippen LogP contribution in [0.2, 0.25) is 0 Å². The summed E-state index contributed by atoms with van der Waals surface area (Å²) in [5, 5.41) is 3.35. The number of allylic oxidation sites excluding steroid dienone is 1. The van der Waals surface area contributed by atoms with Crippen molar-refractivity contribution in [2.75, 3.05) is 33.7 Å². The highest BCUT2D eigenvalue weighted by Gasteiger charge is 2.62. The number of hydrogen-bond acceptors (Lipinski definition) is 5. The van der Waals surface area contributed by atoms with Crippen LogP contribution in [0, 0.1) is 34.5 Å². The van der Waals surface area contributed by atoms with E-state index in [1.54, 1.807) is 7.11 Å². The Bertz CT molecular complexity index is 822. The third kappa shape index (κ3) is 4.04. The van der Waals surface area contributed by atoms with E-state index in [9.17, 15) is 0 Å². The summed E-state index contributed by atoms with van der Waals surface area (Å²) in [6, 6.07) is 0. The zero-order valence-electron chi connectivity index (χ0n) is 20.7. The van der Waals surface area contributed by atoms with E-state index >= 15 is 4.39 Å². The Morgan fingerprint density at radius 2 is 1.97 bits per heavy atom. The quantitative estimate of drug-likeness (QED) is 0.591. The van der Waals surface area contributed by atoms with Gasteiger partial charge < -0.3 is 14.8 Å². The van der Waals surface area contributed by atoms with E-state index in [2.05, 4.69) is 25.7 Å². The van der Waals surface area contributed by atoms with Gasteiger partial charge in [-0.1, -0.05) is 26.0 Å². The van der Waals surface area contributed by atoms with Gasteiger partial charge in [-0.25, -0.2) is 4.39 Å². The van der Waals surface area contributed by atoms with E-state index in [0.717, 1.165) is 57.2 Å². The van der Waals surface area contributed by atoms with Crippen LogP contribution in [0.3, 0.4) is 0 Å². The number of nitrogens with one attached hydrogen (secondary N) is 1. The van der Waals surface area contributed by atoms with E-state index in [-0.39, 0.29) is 16.7 Å². The summed E-state index contributed by atoms with van der Waals surface area (Å²) in [7, 11) is 1.70. The molecule has 1 N–H and O–H groups in total. The fraction of sp³-hybridized carbons (Fsp3) is 0.852. The molecule has 6 heteroatoms. The molecular formula is C27H42FN3O2. The lowest BCUT2D eigenvalue weighted by Gasteiger charge is -2.60. The molecule has 1 aliphatic heterocycles. The summed E-state index contributed by atoms with van der Waals surface area (Å²) < 4.78 is 26.7. The predicted octanol–water partition coefficient (Wildman–Crippen LogP) is 4.97. The predicted molar refractivity (Wildman–Crippen MR) is 131 cm³/mol. The van der Waals surface area contributed by atoms with Crippen molar-refractivity contribution >= 4 is 11.4 Å². The van der Waals surface area contributed by atoms with Gasteiger partial charge in [-0.3, -0.25) is 9.98 Å². The first kappa shape index (κ1) is 23.6. The van der Waals surface area contributed by atoms with Crippen LogP contribution in [0.25, 0.3) is 0 Å². The minimum absolute atomic E-state index is 0.0517. The fourth-order valence-corrected chi connectivity index (χ4v) is 8.28. The molecular weight excluding hydrogens is 417 g/mol. The number of alkyl halides is 1. The van der Waals surface area contributed by atoms with Gasteiger partial charge in [0.15, 0.2) is 0 Å². The molecule has 5 fully saturated rings. The molecule has 33 heavy (non-hydrogen) atoms. The average molecular weight is 460 g/mol. The Labute approximate surface area is 198 Å². The van der Waals surface area contributed by atoms with Crippen molar-refractivity contribution in [2.24, 2.45) is 44.5 Å². The number of ether oxygens (including phenoxy) is 2. The van der Waals surface area contributed by atoms with Crippen molar-refractivity contribution in [1.29, 1.82) is 0 Å². The maximum absolute atomic E-state index is 15.4. The van der Waals surface area contributed by atoms with Gasteiger partial charge in [0.25, 0.3) is 0 Å². The summed E-state index contributed by atoms with van der Waals surface area (Å²) in [6.45, 7) is 11.9. The number of aliphatic imine (C=N–C) groups is 2. The second kappa shape index (κ2) is 9.16. The van der Waals surface area contributed by atoms with Crippen LogP contribution >= 0.6 is 0 Å². The van der Waals surface area contributed by atoms with Gasteiger partial charge in [-0.05, 0) is 74.2 Å². The standard InChI is InChI=1S/C27H42FN3O2/c1-17-11-23(28)25-20-13-24(31-15-32-4)22-12-18(30-16-33-19-7-10-29-14-19)5-8-27(22,3)21(20)6-9-26(17,25)2/h19-23,25,29H,1,5-16H2,2-4H3/t19?,20?,21?,22?,23?,25?,26-,27-/m1/s1. The molecule has 184 valence electrons. The summed E-state index contributed by atoms with van der Waals surface area (Å²) in [5.74, 6) is 1.36. The zero-order valence-corrected chi connectivity index (χ0v) is 20.7. The van der Waals surface area contributed by atoms with Crippen LogP contribution in [0.15, 0.2) is 22.1 Å². The minimum atomic E-state index is -0.762. The SMILES string of the molecule is C=C1CC(F)C2C3CC(=NCOC)C4CC(=NCOC5CCNC5)CC[C@]4(C)C3CC[C@]12C. The van der Waals surface area contributed by atoms with Gasteiger partial charge in [0.05, 0.1) is 6.10 Å². The molecule has 0 bridgehead atoms. The second-order valence-electron chi connectivity index (χ2n) is 11.7. The number of hydrogen-bond donors (Lipinski definition) is 1. The summed E-state index contributed by atoms with van der Waals surface area (Å²) >= 11 is 0. The van der Waals surface area contributed by atoms with Crippen LogP contribution in [0.1, 0.15) is 65.2 Å². The van der Waals surface area contributed by atoms with E-state index in [1.807, 2.05) is 0 Å². The second-order valence-corrected chi connectivity index (χ2v) is 11.7. The largest absolute Gasteiger partial charge is 0.363 e. The third-order valence-corrected chi connectivity index (χ3v) is 10.2. The van der Waals surface area contributed by atoms with Crippen molar-refractivity contribution in [3.05, 3.63) is 12.2 Å². The molecule has 1 saturated heterocycles. The lowest BCUT2D eigenvalue weighted by Crippen LogP contribution is -2.57. The van der Waals surface area contributed by atoms with E-state index in [4.69, 9.17) is 19.5 Å².